The molecule has 0 aromatic carbocycles. The third kappa shape index (κ3) is 2.70. The molecule has 1 rings (SSSR count). The van der Waals surface area contributed by atoms with Crippen LogP contribution in [0.25, 0.3) is 5.57 Å². The van der Waals surface area contributed by atoms with Gasteiger partial charge < -0.3 is 4.74 Å². The quantitative estimate of drug-likeness (QED) is 0.598. The van der Waals surface area contributed by atoms with Crippen molar-refractivity contribution in [3.63, 3.8) is 0 Å². The Balaban J connectivity index is 3.05. The largest absolute Gasteiger partial charge is 0.504 e. The van der Waals surface area contributed by atoms with Crippen molar-refractivity contribution in [1.82, 2.24) is 4.98 Å². The van der Waals surface area contributed by atoms with Gasteiger partial charge in [0, 0.05) is 28.0 Å². The van der Waals surface area contributed by atoms with Crippen molar-refractivity contribution in [1.29, 1.82) is 0 Å². The molecule has 1 aromatic heterocycles. The zero-order valence-electron chi connectivity index (χ0n) is 7.33. The lowest BCUT2D eigenvalue weighted by Gasteiger charge is -2.01. The number of ether oxygens (including phenoxy) is 1. The van der Waals surface area contributed by atoms with E-state index in [-0.39, 0.29) is 0 Å². The zero-order chi connectivity index (χ0) is 9.68. The molecule has 0 aliphatic rings. The molecule has 68 valence electrons. The third-order valence-electron chi connectivity index (χ3n) is 1.50. The molecule has 1 heterocycles. The van der Waals surface area contributed by atoms with Crippen molar-refractivity contribution in [2.75, 3.05) is 7.11 Å². The van der Waals surface area contributed by atoms with Crippen LogP contribution in [0, 0.1) is 0 Å². The maximum atomic E-state index is 4.91. The molecule has 0 spiro atoms. The summed E-state index contributed by atoms with van der Waals surface area (Å²) >= 11 is 3.35. The summed E-state index contributed by atoms with van der Waals surface area (Å²) < 4.78 is 5.85. The zero-order valence-corrected chi connectivity index (χ0v) is 8.91. The van der Waals surface area contributed by atoms with E-state index < -0.39 is 0 Å². The van der Waals surface area contributed by atoms with E-state index in [9.17, 15) is 0 Å². The van der Waals surface area contributed by atoms with Gasteiger partial charge in [-0.3, -0.25) is 4.98 Å². The lowest BCUT2D eigenvalue weighted by atomic mass is 10.1. The van der Waals surface area contributed by atoms with Gasteiger partial charge in [-0.15, -0.1) is 0 Å². The molecule has 13 heavy (non-hydrogen) atoms. The van der Waals surface area contributed by atoms with Crippen LogP contribution < -0.4 is 0 Å². The first-order chi connectivity index (χ1) is 6.27. The summed E-state index contributed by atoms with van der Waals surface area (Å²) in [5, 5.41) is 0. The number of pyridine rings is 1. The van der Waals surface area contributed by atoms with Gasteiger partial charge in [0.25, 0.3) is 0 Å². The number of nitrogens with zero attached hydrogens (tertiary/aromatic N) is 1. The van der Waals surface area contributed by atoms with E-state index in [4.69, 9.17) is 4.74 Å². The molecule has 0 atom stereocenters. The summed E-state index contributed by atoms with van der Waals surface area (Å²) in [7, 11) is 1.61. The van der Waals surface area contributed by atoms with Gasteiger partial charge >= 0.3 is 0 Å². The Hall–Kier alpha value is -1.09. The maximum Gasteiger partial charge on any atom is 0.0903 e. The molecule has 1 aromatic rings. The summed E-state index contributed by atoms with van der Waals surface area (Å²) in [5.74, 6) is 0. The predicted octanol–water partition coefficient (Wildman–Crippen LogP) is 3.02. The molecule has 0 fully saturated rings. The predicted molar refractivity (Wildman–Crippen MR) is 57.1 cm³/mol. The number of hydrogen-bond donors (Lipinski definition) is 0. The van der Waals surface area contributed by atoms with Gasteiger partial charge in [0.15, 0.2) is 0 Å². The van der Waals surface area contributed by atoms with Crippen molar-refractivity contribution in [2.45, 2.75) is 0 Å². The molecule has 3 heteroatoms. The Labute approximate surface area is 86.1 Å². The molecule has 0 aliphatic carbocycles. The second-order valence-electron chi connectivity index (χ2n) is 2.40. The number of hydrogen-bond acceptors (Lipinski definition) is 2. The average molecular weight is 240 g/mol. The lowest BCUT2D eigenvalue weighted by Crippen LogP contribution is -1.84. The molecule has 0 radical (unpaired) electrons. The van der Waals surface area contributed by atoms with Gasteiger partial charge in [0.1, 0.15) is 0 Å². The SMILES string of the molecule is C=C/C(=C\OC)c1cncc(Br)c1. The molecule has 2 nitrogen and oxygen atoms in total. The van der Waals surface area contributed by atoms with Crippen molar-refractivity contribution in [2.24, 2.45) is 0 Å². The fraction of sp³-hybridized carbons (Fsp3) is 0.100. The summed E-state index contributed by atoms with van der Waals surface area (Å²) in [6.07, 6.45) is 6.86. The highest BCUT2D eigenvalue weighted by atomic mass is 79.9. The number of aromatic nitrogens is 1. The van der Waals surface area contributed by atoms with E-state index in [1.165, 1.54) is 0 Å². The van der Waals surface area contributed by atoms with Crippen molar-refractivity contribution >= 4 is 21.5 Å². The topological polar surface area (TPSA) is 22.1 Å². The fourth-order valence-electron chi connectivity index (χ4n) is 0.931. The number of allylic oxidation sites excluding steroid dienone is 2. The van der Waals surface area contributed by atoms with Crippen LogP contribution in [0.5, 0.6) is 0 Å². The summed E-state index contributed by atoms with van der Waals surface area (Å²) in [6, 6.07) is 1.96. The number of halogens is 1. The highest BCUT2D eigenvalue weighted by Gasteiger charge is 1.98. The summed E-state index contributed by atoms with van der Waals surface area (Å²) in [5.41, 5.74) is 1.89. The smallest absolute Gasteiger partial charge is 0.0903 e. The minimum Gasteiger partial charge on any atom is -0.504 e. The second kappa shape index (κ2) is 4.82. The third-order valence-corrected chi connectivity index (χ3v) is 1.94. The van der Waals surface area contributed by atoms with Crippen LogP contribution in [0.3, 0.4) is 0 Å². The Morgan fingerprint density at radius 3 is 2.92 bits per heavy atom. The van der Waals surface area contributed by atoms with Gasteiger partial charge in [0.05, 0.1) is 13.4 Å². The monoisotopic (exact) mass is 239 g/mol. The lowest BCUT2D eigenvalue weighted by molar-refractivity contribution is 0.340. The first kappa shape index (κ1) is 9.99. The number of methoxy groups -OCH3 is 1. The van der Waals surface area contributed by atoms with Crippen LogP contribution >= 0.6 is 15.9 Å². The van der Waals surface area contributed by atoms with Crippen molar-refractivity contribution in [3.8, 4) is 0 Å². The molecule has 0 N–H and O–H groups in total. The van der Waals surface area contributed by atoms with Crippen LogP contribution in [0.1, 0.15) is 5.56 Å². The van der Waals surface area contributed by atoms with E-state index in [0.29, 0.717) is 0 Å². The Kier molecular flexibility index (Phi) is 3.71. The van der Waals surface area contributed by atoms with E-state index in [0.717, 1.165) is 15.6 Å². The molecule has 0 unspecified atom stereocenters. The fourth-order valence-corrected chi connectivity index (χ4v) is 1.30. The second-order valence-corrected chi connectivity index (χ2v) is 3.32. The van der Waals surface area contributed by atoms with Crippen LogP contribution in [0.2, 0.25) is 0 Å². The Morgan fingerprint density at radius 1 is 1.62 bits per heavy atom. The Bertz CT molecular complexity index is 333. The van der Waals surface area contributed by atoms with E-state index in [1.807, 2.05) is 6.07 Å². The summed E-state index contributed by atoms with van der Waals surface area (Å²) in [6.45, 7) is 3.69. The molecule has 0 saturated heterocycles. The van der Waals surface area contributed by atoms with E-state index >= 15 is 0 Å². The molecule has 0 bridgehead atoms. The first-order valence-corrected chi connectivity index (χ1v) is 4.53. The van der Waals surface area contributed by atoms with E-state index in [1.54, 1.807) is 31.8 Å². The summed E-state index contributed by atoms with van der Waals surface area (Å²) in [4.78, 5) is 4.04. The van der Waals surface area contributed by atoms with Gasteiger partial charge in [-0.1, -0.05) is 12.7 Å². The molecule has 0 amide bonds. The minimum atomic E-state index is 0.913. The van der Waals surface area contributed by atoms with Crippen LogP contribution in [-0.2, 0) is 4.74 Å². The maximum absolute atomic E-state index is 4.91. The van der Waals surface area contributed by atoms with Crippen molar-refractivity contribution < 1.29 is 4.74 Å². The highest BCUT2D eigenvalue weighted by Crippen LogP contribution is 2.18. The van der Waals surface area contributed by atoms with Crippen LogP contribution in [-0.4, -0.2) is 12.1 Å². The molecule has 0 saturated carbocycles. The standard InChI is InChI=1S/C10H10BrNO/c1-3-8(7-13-2)9-4-10(11)6-12-5-9/h3-7H,1H2,2H3/b8-7+. The van der Waals surface area contributed by atoms with Crippen molar-refractivity contribution in [3.05, 3.63) is 47.4 Å². The minimum absolute atomic E-state index is 0.913. The van der Waals surface area contributed by atoms with E-state index in [2.05, 4.69) is 27.5 Å². The van der Waals surface area contributed by atoms with Crippen LogP contribution in [0.15, 0.2) is 41.8 Å². The van der Waals surface area contributed by atoms with Gasteiger partial charge in [-0.25, -0.2) is 0 Å². The molecular formula is C10H10BrNO. The van der Waals surface area contributed by atoms with Gasteiger partial charge in [0.2, 0.25) is 0 Å². The molecule has 0 aliphatic heterocycles. The van der Waals surface area contributed by atoms with Gasteiger partial charge in [-0.05, 0) is 22.0 Å². The first-order valence-electron chi connectivity index (χ1n) is 3.74. The number of rotatable bonds is 3. The van der Waals surface area contributed by atoms with Crippen LogP contribution in [0.4, 0.5) is 0 Å². The normalized spacial score (nSPS) is 11.1. The molecular weight excluding hydrogens is 230 g/mol. The Morgan fingerprint density at radius 2 is 2.38 bits per heavy atom. The average Bonchev–Trinajstić information content (AvgIpc) is 2.14. The highest BCUT2D eigenvalue weighted by molar-refractivity contribution is 9.10. The van der Waals surface area contributed by atoms with Gasteiger partial charge in [-0.2, -0.15) is 0 Å².